The SMILES string of the molecule is CC(=O)N1CCC[C@@H](Cc2nccnc2C(=O)O)C1. The highest BCUT2D eigenvalue weighted by atomic mass is 16.4. The van der Waals surface area contributed by atoms with Gasteiger partial charge in [-0.15, -0.1) is 0 Å². The molecule has 0 unspecified atom stereocenters. The molecule has 0 aromatic carbocycles. The van der Waals surface area contributed by atoms with Gasteiger partial charge in [-0.2, -0.15) is 0 Å². The first-order valence-corrected chi connectivity index (χ1v) is 6.36. The van der Waals surface area contributed by atoms with Crippen LogP contribution in [0.3, 0.4) is 0 Å². The molecular formula is C13H17N3O3. The first-order chi connectivity index (χ1) is 9.08. The van der Waals surface area contributed by atoms with E-state index in [-0.39, 0.29) is 17.5 Å². The van der Waals surface area contributed by atoms with Crippen molar-refractivity contribution < 1.29 is 14.7 Å². The van der Waals surface area contributed by atoms with Crippen LogP contribution in [0.15, 0.2) is 12.4 Å². The predicted molar refractivity (Wildman–Crippen MR) is 67.7 cm³/mol. The minimum absolute atomic E-state index is 0.0162. The number of carbonyl (C=O) groups is 2. The van der Waals surface area contributed by atoms with Gasteiger partial charge in [0.15, 0.2) is 5.69 Å². The third kappa shape index (κ3) is 3.27. The smallest absolute Gasteiger partial charge is 0.356 e. The zero-order chi connectivity index (χ0) is 13.8. The van der Waals surface area contributed by atoms with E-state index < -0.39 is 5.97 Å². The normalized spacial score (nSPS) is 19.2. The highest BCUT2D eigenvalue weighted by molar-refractivity contribution is 5.86. The van der Waals surface area contributed by atoms with Gasteiger partial charge in [-0.25, -0.2) is 9.78 Å². The quantitative estimate of drug-likeness (QED) is 0.878. The van der Waals surface area contributed by atoms with Gasteiger partial charge in [-0.3, -0.25) is 9.78 Å². The molecule has 6 heteroatoms. The average molecular weight is 263 g/mol. The van der Waals surface area contributed by atoms with Crippen molar-refractivity contribution in [3.63, 3.8) is 0 Å². The highest BCUT2D eigenvalue weighted by Gasteiger charge is 2.24. The zero-order valence-electron chi connectivity index (χ0n) is 10.9. The van der Waals surface area contributed by atoms with Gasteiger partial charge in [-0.05, 0) is 25.2 Å². The summed E-state index contributed by atoms with van der Waals surface area (Å²) >= 11 is 0. The third-order valence-corrected chi connectivity index (χ3v) is 3.42. The van der Waals surface area contributed by atoms with E-state index in [1.807, 2.05) is 4.90 Å². The number of aromatic nitrogens is 2. The van der Waals surface area contributed by atoms with Crippen molar-refractivity contribution in [1.82, 2.24) is 14.9 Å². The van der Waals surface area contributed by atoms with Crippen LogP contribution < -0.4 is 0 Å². The van der Waals surface area contributed by atoms with Crippen molar-refractivity contribution in [3.8, 4) is 0 Å². The number of hydrogen-bond donors (Lipinski definition) is 1. The summed E-state index contributed by atoms with van der Waals surface area (Å²) in [5.41, 5.74) is 0.521. The molecule has 19 heavy (non-hydrogen) atoms. The second-order valence-corrected chi connectivity index (χ2v) is 4.83. The van der Waals surface area contributed by atoms with E-state index in [4.69, 9.17) is 5.11 Å². The minimum atomic E-state index is -1.05. The molecule has 1 amide bonds. The number of carboxylic acid groups (broad SMARTS) is 1. The van der Waals surface area contributed by atoms with Crippen LogP contribution in [0.25, 0.3) is 0 Å². The monoisotopic (exact) mass is 263 g/mol. The summed E-state index contributed by atoms with van der Waals surface area (Å²) in [5, 5.41) is 9.07. The summed E-state index contributed by atoms with van der Waals surface area (Å²) < 4.78 is 0. The molecule has 1 saturated heterocycles. The molecule has 1 N–H and O–H groups in total. The van der Waals surface area contributed by atoms with Gasteiger partial charge in [0, 0.05) is 32.4 Å². The van der Waals surface area contributed by atoms with Crippen molar-refractivity contribution in [2.75, 3.05) is 13.1 Å². The third-order valence-electron chi connectivity index (χ3n) is 3.42. The van der Waals surface area contributed by atoms with Crippen LogP contribution in [0.2, 0.25) is 0 Å². The molecule has 1 atom stereocenters. The lowest BCUT2D eigenvalue weighted by Gasteiger charge is -2.32. The molecule has 6 nitrogen and oxygen atoms in total. The topological polar surface area (TPSA) is 83.4 Å². The summed E-state index contributed by atoms with van der Waals surface area (Å²) in [4.78, 5) is 32.2. The van der Waals surface area contributed by atoms with Crippen LogP contribution in [0.4, 0.5) is 0 Å². The van der Waals surface area contributed by atoms with E-state index in [1.165, 1.54) is 12.4 Å². The van der Waals surface area contributed by atoms with Crippen molar-refractivity contribution in [1.29, 1.82) is 0 Å². The van der Waals surface area contributed by atoms with Gasteiger partial charge in [0.2, 0.25) is 5.91 Å². The van der Waals surface area contributed by atoms with Crippen LogP contribution in [0.1, 0.15) is 35.9 Å². The molecule has 1 fully saturated rings. The fourth-order valence-electron chi connectivity index (χ4n) is 2.49. The summed E-state index contributed by atoms with van der Waals surface area (Å²) in [5.74, 6) is -0.725. The number of piperidine rings is 1. The van der Waals surface area contributed by atoms with Gasteiger partial charge >= 0.3 is 5.97 Å². The maximum absolute atomic E-state index is 11.4. The second kappa shape index (κ2) is 5.77. The second-order valence-electron chi connectivity index (χ2n) is 4.83. The molecule has 1 aromatic rings. The van der Waals surface area contributed by atoms with Crippen LogP contribution >= 0.6 is 0 Å². The summed E-state index contributed by atoms with van der Waals surface area (Å²) in [7, 11) is 0. The van der Waals surface area contributed by atoms with E-state index >= 15 is 0 Å². The Bertz CT molecular complexity index is 490. The highest BCUT2D eigenvalue weighted by Crippen LogP contribution is 2.21. The molecule has 0 radical (unpaired) electrons. The molecule has 2 heterocycles. The standard InChI is InChI=1S/C13H17N3O3/c1-9(17)16-6-2-3-10(8-16)7-11-12(13(18)19)15-5-4-14-11/h4-5,10H,2-3,6-8H2,1H3,(H,18,19)/t10-/m0/s1. The lowest BCUT2D eigenvalue weighted by molar-refractivity contribution is -0.130. The number of amides is 1. The number of carbonyl (C=O) groups excluding carboxylic acids is 1. The maximum atomic E-state index is 11.4. The molecule has 0 bridgehead atoms. The van der Waals surface area contributed by atoms with E-state index in [2.05, 4.69) is 9.97 Å². The molecule has 102 valence electrons. The van der Waals surface area contributed by atoms with Crippen LogP contribution in [-0.2, 0) is 11.2 Å². The summed E-state index contributed by atoms with van der Waals surface area (Å²) in [6.45, 7) is 3.02. The number of nitrogens with zero attached hydrogens (tertiary/aromatic N) is 3. The lowest BCUT2D eigenvalue weighted by atomic mass is 9.92. The maximum Gasteiger partial charge on any atom is 0.356 e. The Hall–Kier alpha value is -1.98. The molecular weight excluding hydrogens is 246 g/mol. The molecule has 1 aliphatic heterocycles. The lowest BCUT2D eigenvalue weighted by Crippen LogP contribution is -2.39. The van der Waals surface area contributed by atoms with E-state index in [0.29, 0.717) is 18.7 Å². The van der Waals surface area contributed by atoms with Gasteiger partial charge in [0.1, 0.15) is 0 Å². The molecule has 0 saturated carbocycles. The minimum Gasteiger partial charge on any atom is -0.476 e. The van der Waals surface area contributed by atoms with Crippen LogP contribution in [0, 0.1) is 5.92 Å². The molecule has 2 rings (SSSR count). The van der Waals surface area contributed by atoms with Gasteiger partial charge < -0.3 is 10.0 Å². The first-order valence-electron chi connectivity index (χ1n) is 6.36. The largest absolute Gasteiger partial charge is 0.476 e. The van der Waals surface area contributed by atoms with Crippen LogP contribution in [-0.4, -0.2) is 44.9 Å². The van der Waals surface area contributed by atoms with Crippen molar-refractivity contribution in [3.05, 3.63) is 23.8 Å². The van der Waals surface area contributed by atoms with Gasteiger partial charge in [0.25, 0.3) is 0 Å². The number of likely N-dealkylation sites (tertiary alicyclic amines) is 1. The zero-order valence-corrected chi connectivity index (χ0v) is 10.9. The van der Waals surface area contributed by atoms with Gasteiger partial charge in [-0.1, -0.05) is 0 Å². The predicted octanol–water partition coefficient (Wildman–Crippen LogP) is 0.976. The van der Waals surface area contributed by atoms with Crippen LogP contribution in [0.5, 0.6) is 0 Å². The Kier molecular flexibility index (Phi) is 4.09. The Labute approximate surface area is 111 Å². The molecule has 1 aromatic heterocycles. The fraction of sp³-hybridized carbons (Fsp3) is 0.538. The number of carboxylic acids is 1. The summed E-state index contributed by atoms with van der Waals surface area (Å²) in [6, 6.07) is 0. The Morgan fingerprint density at radius 3 is 2.84 bits per heavy atom. The molecule has 1 aliphatic rings. The van der Waals surface area contributed by atoms with Gasteiger partial charge in [0.05, 0.1) is 5.69 Å². The Balaban J connectivity index is 2.09. The molecule has 0 aliphatic carbocycles. The van der Waals surface area contributed by atoms with E-state index in [9.17, 15) is 9.59 Å². The number of aromatic carboxylic acids is 1. The summed E-state index contributed by atoms with van der Waals surface area (Å²) in [6.07, 6.45) is 5.38. The Morgan fingerprint density at radius 2 is 2.16 bits per heavy atom. The fourth-order valence-corrected chi connectivity index (χ4v) is 2.49. The van der Waals surface area contributed by atoms with Crippen molar-refractivity contribution in [2.45, 2.75) is 26.2 Å². The molecule has 0 spiro atoms. The van der Waals surface area contributed by atoms with Crippen molar-refractivity contribution >= 4 is 11.9 Å². The number of hydrogen-bond acceptors (Lipinski definition) is 4. The first kappa shape index (κ1) is 13.5. The Morgan fingerprint density at radius 1 is 1.42 bits per heavy atom. The number of rotatable bonds is 3. The van der Waals surface area contributed by atoms with E-state index in [0.717, 1.165) is 19.4 Å². The van der Waals surface area contributed by atoms with E-state index in [1.54, 1.807) is 6.92 Å². The average Bonchev–Trinajstić information content (AvgIpc) is 2.39. The van der Waals surface area contributed by atoms with Crippen molar-refractivity contribution in [2.24, 2.45) is 5.92 Å².